The van der Waals surface area contributed by atoms with Gasteiger partial charge < -0.3 is 15.2 Å². The number of ether oxygens (including phenoxy) is 1. The van der Waals surface area contributed by atoms with Crippen molar-refractivity contribution in [3.05, 3.63) is 28.8 Å². The van der Waals surface area contributed by atoms with Crippen LogP contribution in [0.4, 0.5) is 0 Å². The van der Waals surface area contributed by atoms with Crippen LogP contribution >= 0.6 is 11.6 Å². The lowest BCUT2D eigenvalue weighted by Gasteiger charge is -2.42. The summed E-state index contributed by atoms with van der Waals surface area (Å²) < 4.78 is 6.19. The van der Waals surface area contributed by atoms with E-state index in [4.69, 9.17) is 21.4 Å². The van der Waals surface area contributed by atoms with Gasteiger partial charge in [0.2, 0.25) is 0 Å². The van der Waals surface area contributed by atoms with E-state index in [2.05, 4.69) is 5.32 Å². The zero-order valence-corrected chi connectivity index (χ0v) is 16.2. The second-order valence-corrected chi connectivity index (χ2v) is 7.87. The van der Waals surface area contributed by atoms with Crippen LogP contribution in [0.1, 0.15) is 51.0 Å². The number of benzene rings is 1. The van der Waals surface area contributed by atoms with Crippen molar-refractivity contribution in [3.63, 3.8) is 0 Å². The number of hydrogen-bond donors (Lipinski definition) is 2. The minimum Gasteiger partial charge on any atom is -0.490 e. The minimum atomic E-state index is -0.754. The van der Waals surface area contributed by atoms with Crippen molar-refractivity contribution in [2.75, 3.05) is 13.1 Å². The van der Waals surface area contributed by atoms with Crippen LogP contribution in [-0.4, -0.2) is 47.3 Å². The van der Waals surface area contributed by atoms with Crippen LogP contribution in [-0.2, 0) is 11.3 Å². The second-order valence-electron chi connectivity index (χ2n) is 7.44. The molecular formula is C20H29ClN2O3. The molecule has 3 rings (SSSR count). The standard InChI is InChI=1S/C20H29ClN2O3/c1-2-23(13-20(24)25)17-10-16(11-17)22-12-14-9-15(21)7-8-19(14)26-18-5-3-4-6-18/h7-9,16-18,22H,2-6,10-13H2,1H3,(H,24,25). The van der Waals surface area contributed by atoms with Crippen LogP contribution in [0.25, 0.3) is 0 Å². The van der Waals surface area contributed by atoms with E-state index in [0.29, 0.717) is 18.2 Å². The zero-order chi connectivity index (χ0) is 18.5. The van der Waals surface area contributed by atoms with E-state index in [1.807, 2.05) is 30.0 Å². The summed E-state index contributed by atoms with van der Waals surface area (Å²) in [6.07, 6.45) is 7.07. The lowest BCUT2D eigenvalue weighted by molar-refractivity contribution is -0.139. The summed E-state index contributed by atoms with van der Waals surface area (Å²) in [5, 5.41) is 13.3. The number of carbonyl (C=O) groups is 1. The summed E-state index contributed by atoms with van der Waals surface area (Å²) in [5.41, 5.74) is 1.10. The molecule has 0 amide bonds. The zero-order valence-electron chi connectivity index (χ0n) is 15.4. The van der Waals surface area contributed by atoms with E-state index < -0.39 is 5.97 Å². The molecule has 0 aliphatic heterocycles. The SMILES string of the molecule is CCN(CC(=O)O)C1CC(NCc2cc(Cl)ccc2OC2CCCC2)C1. The van der Waals surface area contributed by atoms with E-state index in [0.717, 1.165) is 55.1 Å². The smallest absolute Gasteiger partial charge is 0.317 e. The summed E-state index contributed by atoms with van der Waals surface area (Å²) in [6, 6.07) is 6.63. The summed E-state index contributed by atoms with van der Waals surface area (Å²) in [7, 11) is 0. The molecule has 0 heterocycles. The highest BCUT2D eigenvalue weighted by Crippen LogP contribution is 2.30. The van der Waals surface area contributed by atoms with Gasteiger partial charge in [-0.2, -0.15) is 0 Å². The van der Waals surface area contributed by atoms with Gasteiger partial charge in [0.1, 0.15) is 5.75 Å². The Hall–Kier alpha value is -1.30. The highest BCUT2D eigenvalue weighted by Gasteiger charge is 2.33. The van der Waals surface area contributed by atoms with Crippen LogP contribution < -0.4 is 10.1 Å². The van der Waals surface area contributed by atoms with Gasteiger partial charge in [0.15, 0.2) is 0 Å². The van der Waals surface area contributed by atoms with Crippen molar-refractivity contribution in [3.8, 4) is 5.75 Å². The van der Waals surface area contributed by atoms with Gasteiger partial charge in [0.05, 0.1) is 12.6 Å². The van der Waals surface area contributed by atoms with Crippen molar-refractivity contribution in [2.45, 2.75) is 70.2 Å². The van der Waals surface area contributed by atoms with Crippen LogP contribution in [0.5, 0.6) is 5.75 Å². The topological polar surface area (TPSA) is 61.8 Å². The number of aliphatic carboxylic acids is 1. The number of nitrogens with one attached hydrogen (secondary N) is 1. The summed E-state index contributed by atoms with van der Waals surface area (Å²) in [6.45, 7) is 3.65. The molecule has 144 valence electrons. The molecule has 26 heavy (non-hydrogen) atoms. The highest BCUT2D eigenvalue weighted by atomic mass is 35.5. The lowest BCUT2D eigenvalue weighted by Crippen LogP contribution is -2.53. The Labute approximate surface area is 160 Å². The maximum absolute atomic E-state index is 10.9. The van der Waals surface area contributed by atoms with Gasteiger partial charge in [-0.05, 0) is 63.3 Å². The first-order valence-corrected chi connectivity index (χ1v) is 10.1. The molecule has 0 bridgehead atoms. The first kappa shape index (κ1) is 19.5. The fourth-order valence-corrected chi connectivity index (χ4v) is 4.16. The van der Waals surface area contributed by atoms with Crippen LogP contribution in [0.15, 0.2) is 18.2 Å². The first-order chi connectivity index (χ1) is 12.5. The molecule has 2 aliphatic rings. The Morgan fingerprint density at radius 1 is 1.35 bits per heavy atom. The Morgan fingerprint density at radius 3 is 2.73 bits per heavy atom. The van der Waals surface area contributed by atoms with Crippen LogP contribution in [0.2, 0.25) is 5.02 Å². The molecule has 0 saturated heterocycles. The van der Waals surface area contributed by atoms with Gasteiger partial charge in [-0.1, -0.05) is 18.5 Å². The van der Waals surface area contributed by atoms with E-state index in [1.54, 1.807) is 0 Å². The van der Waals surface area contributed by atoms with Crippen LogP contribution in [0, 0.1) is 0 Å². The number of likely N-dealkylation sites (N-methyl/N-ethyl adjacent to an activating group) is 1. The third kappa shape index (κ3) is 5.12. The van der Waals surface area contributed by atoms with Gasteiger partial charge in [-0.15, -0.1) is 0 Å². The molecule has 0 spiro atoms. The Morgan fingerprint density at radius 2 is 2.08 bits per heavy atom. The fourth-order valence-electron chi connectivity index (χ4n) is 3.97. The predicted molar refractivity (Wildman–Crippen MR) is 103 cm³/mol. The van der Waals surface area contributed by atoms with Gasteiger partial charge in [-0.25, -0.2) is 0 Å². The molecule has 5 nitrogen and oxygen atoms in total. The summed E-state index contributed by atoms with van der Waals surface area (Å²) >= 11 is 6.18. The first-order valence-electron chi connectivity index (χ1n) is 9.69. The number of carboxylic acid groups (broad SMARTS) is 1. The molecule has 0 aromatic heterocycles. The Bertz CT molecular complexity index is 613. The maximum Gasteiger partial charge on any atom is 0.317 e. The molecule has 0 radical (unpaired) electrons. The van der Waals surface area contributed by atoms with E-state index in [9.17, 15) is 4.79 Å². The van der Waals surface area contributed by atoms with Crippen molar-refractivity contribution in [1.82, 2.24) is 10.2 Å². The molecule has 2 fully saturated rings. The van der Waals surface area contributed by atoms with E-state index in [-0.39, 0.29) is 6.54 Å². The third-order valence-electron chi connectivity index (χ3n) is 5.57. The monoisotopic (exact) mass is 380 g/mol. The van der Waals surface area contributed by atoms with Gasteiger partial charge in [0.25, 0.3) is 0 Å². The maximum atomic E-state index is 10.9. The number of nitrogens with zero attached hydrogens (tertiary/aromatic N) is 1. The second kappa shape index (κ2) is 9.07. The van der Waals surface area contributed by atoms with E-state index in [1.165, 1.54) is 12.8 Å². The summed E-state index contributed by atoms with van der Waals surface area (Å²) in [5.74, 6) is 0.182. The molecule has 1 aromatic rings. The Balaban J connectivity index is 1.50. The molecule has 1 aromatic carbocycles. The molecule has 6 heteroatoms. The highest BCUT2D eigenvalue weighted by molar-refractivity contribution is 6.30. The van der Waals surface area contributed by atoms with E-state index >= 15 is 0 Å². The fraction of sp³-hybridized carbons (Fsp3) is 0.650. The van der Waals surface area contributed by atoms with Crippen molar-refractivity contribution in [2.24, 2.45) is 0 Å². The average Bonchev–Trinajstić information content (AvgIpc) is 3.07. The quantitative estimate of drug-likeness (QED) is 0.684. The molecule has 2 saturated carbocycles. The predicted octanol–water partition coefficient (Wildman–Crippen LogP) is 3.69. The number of carboxylic acids is 1. The third-order valence-corrected chi connectivity index (χ3v) is 5.81. The van der Waals surface area contributed by atoms with Crippen molar-refractivity contribution < 1.29 is 14.6 Å². The van der Waals surface area contributed by atoms with Gasteiger partial charge in [-0.3, -0.25) is 9.69 Å². The van der Waals surface area contributed by atoms with Gasteiger partial charge >= 0.3 is 5.97 Å². The van der Waals surface area contributed by atoms with Crippen molar-refractivity contribution >= 4 is 17.6 Å². The number of hydrogen-bond acceptors (Lipinski definition) is 4. The average molecular weight is 381 g/mol. The number of rotatable bonds is 9. The lowest BCUT2D eigenvalue weighted by atomic mass is 9.85. The molecule has 2 N–H and O–H groups in total. The molecule has 0 atom stereocenters. The van der Waals surface area contributed by atoms with Crippen molar-refractivity contribution in [1.29, 1.82) is 0 Å². The molecule has 2 aliphatic carbocycles. The minimum absolute atomic E-state index is 0.127. The largest absolute Gasteiger partial charge is 0.490 e. The normalized spacial score (nSPS) is 23.2. The van der Waals surface area contributed by atoms with Crippen LogP contribution in [0.3, 0.4) is 0 Å². The molecule has 0 unspecified atom stereocenters. The number of halogens is 1. The summed E-state index contributed by atoms with van der Waals surface area (Å²) in [4.78, 5) is 13.0. The molecular weight excluding hydrogens is 352 g/mol. The van der Waals surface area contributed by atoms with Gasteiger partial charge in [0, 0.05) is 29.2 Å². The Kier molecular flexibility index (Phi) is 6.79.